The van der Waals surface area contributed by atoms with Gasteiger partial charge in [0.15, 0.2) is 11.5 Å². The molecule has 1 fully saturated rings. The maximum Gasteiger partial charge on any atom is 0.357 e. The number of rotatable bonds is 6. The Hall–Kier alpha value is -2.94. The van der Waals surface area contributed by atoms with Gasteiger partial charge in [0.1, 0.15) is 0 Å². The molecule has 1 N–H and O–H groups in total. The zero-order valence-electron chi connectivity index (χ0n) is 19.0. The predicted octanol–water partition coefficient (Wildman–Crippen LogP) is 4.13. The van der Waals surface area contributed by atoms with Crippen molar-refractivity contribution in [1.29, 1.82) is 0 Å². The van der Waals surface area contributed by atoms with Gasteiger partial charge in [0, 0.05) is 30.9 Å². The maximum atomic E-state index is 13.6. The number of nitrogens with zero attached hydrogens (tertiary/aromatic N) is 4. The minimum atomic E-state index is -0.437. The molecule has 4 rings (SSSR count). The summed E-state index contributed by atoms with van der Waals surface area (Å²) < 4.78 is 6.66. The second kappa shape index (κ2) is 11.5. The molecule has 1 atom stereocenters. The second-order valence-corrected chi connectivity index (χ2v) is 8.22. The number of esters is 1. The number of carbonyl (C=O) groups excluding carboxylic acids is 2. The van der Waals surface area contributed by atoms with Crippen LogP contribution in [0.15, 0.2) is 48.8 Å². The van der Waals surface area contributed by atoms with E-state index in [1.54, 1.807) is 55.5 Å². The molecule has 0 spiro atoms. The smallest absolute Gasteiger partial charge is 0.357 e. The van der Waals surface area contributed by atoms with Crippen LogP contribution in [0.3, 0.4) is 0 Å². The second-order valence-electron chi connectivity index (χ2n) is 7.81. The number of halogens is 2. The molecule has 8 nitrogen and oxygen atoms in total. The first-order chi connectivity index (χ1) is 16.0. The summed E-state index contributed by atoms with van der Waals surface area (Å²) in [6, 6.07) is 10.6. The fourth-order valence-corrected chi connectivity index (χ4v) is 4.28. The zero-order valence-corrected chi connectivity index (χ0v) is 20.6. The third kappa shape index (κ3) is 5.24. The number of nitrogens with one attached hydrogen (secondary N) is 1. The van der Waals surface area contributed by atoms with Crippen molar-refractivity contribution >= 4 is 41.7 Å². The zero-order chi connectivity index (χ0) is 23.4. The highest BCUT2D eigenvalue weighted by Crippen LogP contribution is 2.29. The van der Waals surface area contributed by atoms with Crippen molar-refractivity contribution in [3.8, 4) is 11.1 Å². The minimum Gasteiger partial charge on any atom is -0.461 e. The quantitative estimate of drug-likeness (QED) is 0.508. The largest absolute Gasteiger partial charge is 0.461 e. The van der Waals surface area contributed by atoms with E-state index in [-0.39, 0.29) is 31.0 Å². The molecule has 1 aliphatic heterocycles. The lowest BCUT2D eigenvalue weighted by Gasteiger charge is -2.34. The van der Waals surface area contributed by atoms with Crippen molar-refractivity contribution in [2.24, 2.45) is 7.05 Å². The van der Waals surface area contributed by atoms with E-state index in [1.165, 1.54) is 4.68 Å². The van der Waals surface area contributed by atoms with E-state index in [0.29, 0.717) is 34.2 Å². The maximum absolute atomic E-state index is 13.6. The van der Waals surface area contributed by atoms with E-state index in [1.807, 2.05) is 12.1 Å². The Labute approximate surface area is 209 Å². The number of anilines is 1. The molecular formula is C24H27Cl2N5O3. The summed E-state index contributed by atoms with van der Waals surface area (Å²) in [5.41, 5.74) is 2.29. The van der Waals surface area contributed by atoms with Gasteiger partial charge in [-0.1, -0.05) is 23.7 Å². The Morgan fingerprint density at radius 2 is 2.03 bits per heavy atom. The average molecular weight is 504 g/mol. The van der Waals surface area contributed by atoms with E-state index >= 15 is 0 Å². The molecule has 0 saturated carbocycles. The van der Waals surface area contributed by atoms with E-state index < -0.39 is 5.97 Å². The number of piperidine rings is 1. The van der Waals surface area contributed by atoms with Gasteiger partial charge in [0.05, 0.1) is 23.9 Å². The molecule has 0 radical (unpaired) electrons. The van der Waals surface area contributed by atoms with Crippen molar-refractivity contribution in [3.05, 3.63) is 65.1 Å². The highest BCUT2D eigenvalue weighted by Gasteiger charge is 2.30. The number of ether oxygens (including phenoxy) is 1. The molecule has 3 heterocycles. The number of pyridine rings is 1. The first-order valence-corrected chi connectivity index (χ1v) is 11.3. The molecule has 0 bridgehead atoms. The highest BCUT2D eigenvalue weighted by atomic mass is 35.5. The molecule has 0 aliphatic carbocycles. The topological polar surface area (TPSA) is 89.3 Å². The van der Waals surface area contributed by atoms with Crippen LogP contribution in [0.2, 0.25) is 5.02 Å². The van der Waals surface area contributed by atoms with Gasteiger partial charge in [-0.05, 0) is 56.1 Å². The first kappa shape index (κ1) is 25.7. The van der Waals surface area contributed by atoms with Gasteiger partial charge in [0.2, 0.25) is 0 Å². The molecule has 180 valence electrons. The summed E-state index contributed by atoms with van der Waals surface area (Å²) in [5, 5.41) is 7.99. The molecule has 10 heteroatoms. The fraction of sp³-hybridized carbons (Fsp3) is 0.333. The van der Waals surface area contributed by atoms with Gasteiger partial charge in [-0.2, -0.15) is 5.10 Å². The molecule has 1 aliphatic rings. The number of aryl methyl sites for hydroxylation is 1. The summed E-state index contributed by atoms with van der Waals surface area (Å²) in [7, 11) is 1.69. The normalized spacial score (nSPS) is 15.3. The standard InChI is InChI=1S/C24H26ClN5O3.ClH/c1-3-33-24(32)21-19(15-28-29(21)2)16-8-10-17(11-9-16)23(31)30(18-6-4-12-26-14-18)22-20(25)7-5-13-27-22;/h5,7-11,13,15,18,26H,3-4,6,12,14H2,1-2H3;1H/t18-;/m1./s1. The third-order valence-electron chi connectivity index (χ3n) is 5.67. The summed E-state index contributed by atoms with van der Waals surface area (Å²) in [5.74, 6) is -0.153. The van der Waals surface area contributed by atoms with Crippen LogP contribution in [0.4, 0.5) is 5.82 Å². The van der Waals surface area contributed by atoms with Crippen LogP contribution in [-0.2, 0) is 11.8 Å². The number of hydrogen-bond donors (Lipinski definition) is 1. The van der Waals surface area contributed by atoms with Crippen LogP contribution in [-0.4, -0.2) is 52.4 Å². The Morgan fingerprint density at radius 3 is 2.68 bits per heavy atom. The van der Waals surface area contributed by atoms with E-state index in [2.05, 4.69) is 15.4 Å². The Balaban J connectivity index is 0.00000324. The van der Waals surface area contributed by atoms with Crippen LogP contribution in [0, 0.1) is 0 Å². The van der Waals surface area contributed by atoms with E-state index in [4.69, 9.17) is 16.3 Å². The fourth-order valence-electron chi connectivity index (χ4n) is 4.07. The number of hydrogen-bond acceptors (Lipinski definition) is 6. The van der Waals surface area contributed by atoms with E-state index in [9.17, 15) is 9.59 Å². The van der Waals surface area contributed by atoms with Gasteiger partial charge in [-0.3, -0.25) is 14.4 Å². The summed E-state index contributed by atoms with van der Waals surface area (Å²) in [6.07, 6.45) is 5.09. The van der Waals surface area contributed by atoms with E-state index in [0.717, 1.165) is 24.9 Å². The Kier molecular flexibility index (Phi) is 8.66. The van der Waals surface area contributed by atoms with Crippen LogP contribution >= 0.6 is 24.0 Å². The lowest BCUT2D eigenvalue weighted by Crippen LogP contribution is -2.49. The third-order valence-corrected chi connectivity index (χ3v) is 5.97. The van der Waals surface area contributed by atoms with Gasteiger partial charge in [-0.15, -0.1) is 12.4 Å². The molecular weight excluding hydrogens is 477 g/mol. The number of aromatic nitrogens is 3. The number of carbonyl (C=O) groups is 2. The van der Waals surface area contributed by atoms with Crippen LogP contribution in [0.1, 0.15) is 40.6 Å². The summed E-state index contributed by atoms with van der Waals surface area (Å²) in [4.78, 5) is 32.1. The summed E-state index contributed by atoms with van der Waals surface area (Å²) in [6.45, 7) is 3.64. The lowest BCUT2D eigenvalue weighted by atomic mass is 10.0. The number of benzene rings is 1. The van der Waals surface area contributed by atoms with Crippen molar-refractivity contribution in [2.75, 3.05) is 24.6 Å². The predicted molar refractivity (Wildman–Crippen MR) is 134 cm³/mol. The van der Waals surface area contributed by atoms with Gasteiger partial charge >= 0.3 is 5.97 Å². The SMILES string of the molecule is CCOC(=O)c1c(-c2ccc(C(=O)N(c3ncccc3Cl)[C@@H]3CCCNC3)cc2)cnn1C.Cl. The van der Waals surface area contributed by atoms with Crippen molar-refractivity contribution in [2.45, 2.75) is 25.8 Å². The highest BCUT2D eigenvalue weighted by molar-refractivity contribution is 6.33. The van der Waals surface area contributed by atoms with Gasteiger partial charge < -0.3 is 10.1 Å². The van der Waals surface area contributed by atoms with Crippen molar-refractivity contribution < 1.29 is 14.3 Å². The Morgan fingerprint density at radius 1 is 1.26 bits per heavy atom. The van der Waals surface area contributed by atoms with Gasteiger partial charge in [0.25, 0.3) is 5.91 Å². The molecule has 3 aromatic rings. The number of amides is 1. The molecule has 2 aromatic heterocycles. The molecule has 0 unspecified atom stereocenters. The van der Waals surface area contributed by atoms with Crippen LogP contribution in [0.25, 0.3) is 11.1 Å². The van der Waals surface area contributed by atoms with Gasteiger partial charge in [-0.25, -0.2) is 9.78 Å². The molecule has 1 aromatic carbocycles. The minimum absolute atomic E-state index is 0. The monoisotopic (exact) mass is 503 g/mol. The average Bonchev–Trinajstić information content (AvgIpc) is 3.23. The molecule has 34 heavy (non-hydrogen) atoms. The first-order valence-electron chi connectivity index (χ1n) is 11.0. The van der Waals surface area contributed by atoms with Crippen molar-refractivity contribution in [1.82, 2.24) is 20.1 Å². The summed E-state index contributed by atoms with van der Waals surface area (Å²) >= 11 is 6.42. The molecule has 1 saturated heterocycles. The van der Waals surface area contributed by atoms with Crippen LogP contribution in [0.5, 0.6) is 0 Å². The van der Waals surface area contributed by atoms with Crippen molar-refractivity contribution in [3.63, 3.8) is 0 Å². The molecule has 1 amide bonds. The van der Waals surface area contributed by atoms with Crippen LogP contribution < -0.4 is 10.2 Å². The Bertz CT molecular complexity index is 1140. The lowest BCUT2D eigenvalue weighted by molar-refractivity contribution is 0.0514.